The van der Waals surface area contributed by atoms with Crippen molar-refractivity contribution in [2.24, 2.45) is 0 Å². The van der Waals surface area contributed by atoms with Crippen LogP contribution in [0.3, 0.4) is 0 Å². The smallest absolute Gasteiger partial charge is 0.572 e. The van der Waals surface area contributed by atoms with Gasteiger partial charge in [0.25, 0.3) is 0 Å². The van der Waals surface area contributed by atoms with Crippen LogP contribution in [0, 0.1) is 14.4 Å². The quantitative estimate of drug-likeness (QED) is 0.144. The molecule has 2 aromatic heterocycles. The molecule has 0 aliphatic carbocycles. The Morgan fingerprint density at radius 3 is 2.03 bits per heavy atom. The van der Waals surface area contributed by atoms with E-state index in [0.29, 0.717) is 5.69 Å². The molecule has 0 unspecified atom stereocenters. The minimum atomic E-state index is -3.79. The number of pyridine rings is 2. The Bertz CT molecular complexity index is 1400. The third-order valence-electron chi connectivity index (χ3n) is 4.70. The van der Waals surface area contributed by atoms with Gasteiger partial charge in [0, 0.05) is 24.0 Å². The summed E-state index contributed by atoms with van der Waals surface area (Å²) in [6.07, 6.45) is 5.20. The van der Waals surface area contributed by atoms with Gasteiger partial charge in [-0.05, 0) is 48.0 Å². The second-order valence-corrected chi connectivity index (χ2v) is 8.52. The van der Waals surface area contributed by atoms with Crippen LogP contribution in [0.25, 0.3) is 26.4 Å². The second-order valence-electron chi connectivity index (χ2n) is 6.92. The van der Waals surface area contributed by atoms with E-state index in [0.717, 1.165) is 27.2 Å². The SMILES string of the molecule is Cc1ccc(S(=O)(=O)[N-]c2cccc3ccc4cccnc4c23)cc1.[CH3-].[Pd+2].c1ccncc1. The summed E-state index contributed by atoms with van der Waals surface area (Å²) in [7, 11) is -3.79. The molecule has 0 saturated heterocycles. The first-order chi connectivity index (χ1) is 15.0. The van der Waals surface area contributed by atoms with Crippen LogP contribution < -0.4 is 0 Å². The number of hydrogen-bond donors (Lipinski definition) is 0. The molecule has 0 amide bonds. The van der Waals surface area contributed by atoms with Crippen molar-refractivity contribution in [3.8, 4) is 0 Å². The molecule has 0 saturated carbocycles. The molecule has 5 nitrogen and oxygen atoms in total. The average molecular weight is 548 g/mol. The summed E-state index contributed by atoms with van der Waals surface area (Å²) in [5.41, 5.74) is 2.15. The van der Waals surface area contributed by atoms with Gasteiger partial charge in [0.1, 0.15) is 10.0 Å². The van der Waals surface area contributed by atoms with Gasteiger partial charge in [-0.1, -0.05) is 60.2 Å². The van der Waals surface area contributed by atoms with Gasteiger partial charge in [-0.15, -0.1) is 5.69 Å². The number of nitrogens with zero attached hydrogens (tertiary/aromatic N) is 3. The Balaban J connectivity index is 0.000000422. The maximum absolute atomic E-state index is 12.7. The summed E-state index contributed by atoms with van der Waals surface area (Å²) in [6, 6.07) is 25.6. The summed E-state index contributed by atoms with van der Waals surface area (Å²) in [6.45, 7) is 1.91. The van der Waals surface area contributed by atoms with E-state index in [1.54, 1.807) is 55.0 Å². The van der Waals surface area contributed by atoms with Crippen LogP contribution >= 0.6 is 0 Å². The second kappa shape index (κ2) is 11.7. The van der Waals surface area contributed by atoms with Gasteiger partial charge in [-0.3, -0.25) is 9.97 Å². The van der Waals surface area contributed by atoms with E-state index in [1.807, 2.05) is 55.5 Å². The van der Waals surface area contributed by atoms with Crippen molar-refractivity contribution in [1.82, 2.24) is 9.97 Å². The first-order valence-electron chi connectivity index (χ1n) is 9.71. The molecule has 33 heavy (non-hydrogen) atoms. The number of rotatable bonds is 3. The van der Waals surface area contributed by atoms with Crippen molar-refractivity contribution < 1.29 is 28.8 Å². The number of benzene rings is 3. The molecule has 170 valence electrons. The van der Waals surface area contributed by atoms with Gasteiger partial charge in [0.15, 0.2) is 0 Å². The zero-order valence-electron chi connectivity index (χ0n) is 18.2. The van der Waals surface area contributed by atoms with Crippen molar-refractivity contribution in [2.45, 2.75) is 11.8 Å². The molecule has 0 spiro atoms. The van der Waals surface area contributed by atoms with Gasteiger partial charge in [0.05, 0.1) is 10.4 Å². The largest absolute Gasteiger partial charge is 2.00 e. The van der Waals surface area contributed by atoms with E-state index in [9.17, 15) is 8.42 Å². The van der Waals surface area contributed by atoms with Crippen molar-refractivity contribution in [3.05, 3.63) is 121 Å². The summed E-state index contributed by atoms with van der Waals surface area (Å²) < 4.78 is 29.5. The fourth-order valence-corrected chi connectivity index (χ4v) is 4.17. The Kier molecular flexibility index (Phi) is 9.24. The number of fused-ring (bicyclic) bond motifs is 3. The molecule has 0 fully saturated rings. The molecule has 5 aromatic rings. The van der Waals surface area contributed by atoms with Crippen LogP contribution in [0.4, 0.5) is 5.69 Å². The minimum absolute atomic E-state index is 0. The fraction of sp³-hybridized carbons (Fsp3) is 0.0385. The maximum atomic E-state index is 12.7. The Hall–Kier alpha value is -3.11. The molecule has 7 heteroatoms. The normalized spacial score (nSPS) is 10.3. The van der Waals surface area contributed by atoms with Crippen LogP contribution in [0.1, 0.15) is 5.56 Å². The molecule has 0 atom stereocenters. The van der Waals surface area contributed by atoms with Crippen LogP contribution in [-0.4, -0.2) is 18.4 Å². The fourth-order valence-electron chi connectivity index (χ4n) is 3.18. The van der Waals surface area contributed by atoms with Gasteiger partial charge in [-0.2, -0.15) is 0 Å². The maximum Gasteiger partial charge on any atom is 2.00 e. The van der Waals surface area contributed by atoms with Crippen LogP contribution in [-0.2, 0) is 30.4 Å². The van der Waals surface area contributed by atoms with Crippen LogP contribution in [0.5, 0.6) is 0 Å². The van der Waals surface area contributed by atoms with E-state index >= 15 is 0 Å². The van der Waals surface area contributed by atoms with Gasteiger partial charge in [-0.25, -0.2) is 8.42 Å². The predicted octanol–water partition coefficient (Wildman–Crippen LogP) is 6.62. The Morgan fingerprint density at radius 2 is 1.39 bits per heavy atom. The number of aryl methyl sites for hydroxylation is 1. The van der Waals surface area contributed by atoms with Crippen LogP contribution in [0.2, 0.25) is 0 Å². The van der Waals surface area contributed by atoms with E-state index in [2.05, 4.69) is 14.7 Å². The standard InChI is InChI=1S/C20H15N2O2S.C5H5N.CH3.Pd/c1-14-7-11-17(12-8-14)25(23,24)22-18-6-2-4-15-9-10-16-5-3-13-21-20(16)19(15)18;1-2-4-6-5-3-1;;/h2-13H,1H3;1-5H;1H3;/q-1;;-1;+2. The third-order valence-corrected chi connectivity index (χ3v) is 6.00. The minimum Gasteiger partial charge on any atom is -0.572 e. The van der Waals surface area contributed by atoms with E-state index < -0.39 is 10.0 Å². The predicted molar refractivity (Wildman–Crippen MR) is 131 cm³/mol. The monoisotopic (exact) mass is 547 g/mol. The van der Waals surface area contributed by atoms with Gasteiger partial charge >= 0.3 is 20.4 Å². The van der Waals surface area contributed by atoms with Crippen molar-refractivity contribution in [3.63, 3.8) is 0 Å². The molecular weight excluding hydrogens is 525 g/mol. The molecule has 5 rings (SSSR count). The summed E-state index contributed by atoms with van der Waals surface area (Å²) >= 11 is 0. The zero-order valence-corrected chi connectivity index (χ0v) is 20.6. The van der Waals surface area contributed by atoms with E-state index in [-0.39, 0.29) is 32.7 Å². The van der Waals surface area contributed by atoms with Crippen LogP contribution in [0.15, 0.2) is 108 Å². The summed E-state index contributed by atoms with van der Waals surface area (Å²) in [5.74, 6) is 0. The average Bonchev–Trinajstić information content (AvgIpc) is 2.80. The van der Waals surface area contributed by atoms with E-state index in [4.69, 9.17) is 0 Å². The summed E-state index contributed by atoms with van der Waals surface area (Å²) in [5, 5.41) is 2.60. The molecule has 0 aliphatic heterocycles. The molecule has 0 aliphatic rings. The van der Waals surface area contributed by atoms with E-state index in [1.165, 1.54) is 0 Å². The molecule has 2 heterocycles. The molecule has 3 aromatic carbocycles. The molecule has 0 bridgehead atoms. The first-order valence-corrected chi connectivity index (χ1v) is 11.1. The molecular formula is C26H23N3O2PdS. The number of hydrogen-bond acceptors (Lipinski definition) is 4. The zero-order chi connectivity index (χ0) is 21.7. The van der Waals surface area contributed by atoms with Crippen molar-refractivity contribution >= 4 is 37.4 Å². The third kappa shape index (κ3) is 6.23. The molecule has 0 N–H and O–H groups in total. The Labute approximate surface area is 208 Å². The van der Waals surface area contributed by atoms with Gasteiger partial charge < -0.3 is 12.1 Å². The first kappa shape index (κ1) is 26.1. The topological polar surface area (TPSA) is 74.0 Å². The summed E-state index contributed by atoms with van der Waals surface area (Å²) in [4.78, 5) is 8.40. The van der Waals surface area contributed by atoms with Crippen molar-refractivity contribution in [2.75, 3.05) is 0 Å². The Morgan fingerprint density at radius 1 is 0.727 bits per heavy atom. The number of aromatic nitrogens is 2. The van der Waals surface area contributed by atoms with Crippen molar-refractivity contribution in [1.29, 1.82) is 0 Å². The number of sulfonamides is 1. The van der Waals surface area contributed by atoms with Gasteiger partial charge in [0.2, 0.25) is 0 Å². The molecule has 0 radical (unpaired) electrons.